The maximum Gasteiger partial charge on any atom is 0.127 e. The van der Waals surface area contributed by atoms with Gasteiger partial charge in [0.15, 0.2) is 0 Å². The number of halogens is 1. The van der Waals surface area contributed by atoms with Gasteiger partial charge in [0.2, 0.25) is 0 Å². The van der Waals surface area contributed by atoms with Crippen molar-refractivity contribution in [3.63, 3.8) is 0 Å². The second-order valence-electron chi connectivity index (χ2n) is 3.31. The topological polar surface area (TPSA) is 47.6 Å². The molecule has 0 atom stereocenters. The minimum Gasteiger partial charge on any atom is -0.461 e. The third kappa shape index (κ3) is 2.87. The number of anilines is 1. The molecule has 0 unspecified atom stereocenters. The zero-order valence-electron chi connectivity index (χ0n) is 8.56. The van der Waals surface area contributed by atoms with Crippen LogP contribution < -0.4 is 10.5 Å². The standard InChI is InChI=1S/C12H11ClN2O/c13-12-6-5-11(7-8-15-12)16-10-3-1-9(14)2-4-10/h1-4,6-8H,5,14H2. The van der Waals surface area contributed by atoms with Crippen molar-refractivity contribution in [3.05, 3.63) is 47.3 Å². The van der Waals surface area contributed by atoms with Crippen molar-refractivity contribution in [3.8, 4) is 5.75 Å². The molecule has 2 N–H and O–H groups in total. The fourth-order valence-corrected chi connectivity index (χ4v) is 1.39. The molecule has 0 bridgehead atoms. The van der Waals surface area contributed by atoms with Crippen LogP contribution >= 0.6 is 11.6 Å². The maximum absolute atomic E-state index is 5.77. The average molecular weight is 235 g/mol. The van der Waals surface area contributed by atoms with Crippen LogP contribution in [0.4, 0.5) is 5.69 Å². The van der Waals surface area contributed by atoms with Crippen LogP contribution in [0.25, 0.3) is 0 Å². The van der Waals surface area contributed by atoms with Gasteiger partial charge >= 0.3 is 0 Å². The van der Waals surface area contributed by atoms with Crippen LogP contribution in [0.2, 0.25) is 0 Å². The first-order chi connectivity index (χ1) is 7.74. The summed E-state index contributed by atoms with van der Waals surface area (Å²) in [7, 11) is 0. The van der Waals surface area contributed by atoms with Crippen LogP contribution in [0.1, 0.15) is 6.42 Å². The molecule has 0 saturated heterocycles. The van der Waals surface area contributed by atoms with E-state index in [1.54, 1.807) is 30.5 Å². The summed E-state index contributed by atoms with van der Waals surface area (Å²) in [6.07, 6.45) is 5.85. The van der Waals surface area contributed by atoms with Crippen LogP contribution in [-0.4, -0.2) is 6.21 Å². The Hall–Kier alpha value is -1.74. The van der Waals surface area contributed by atoms with Gasteiger partial charge in [-0.2, -0.15) is 0 Å². The van der Waals surface area contributed by atoms with Gasteiger partial charge < -0.3 is 10.5 Å². The number of nitrogens with two attached hydrogens (primary N) is 1. The third-order valence-corrected chi connectivity index (χ3v) is 2.31. The van der Waals surface area contributed by atoms with Crippen LogP contribution in [0.5, 0.6) is 5.75 Å². The monoisotopic (exact) mass is 234 g/mol. The Morgan fingerprint density at radius 2 is 2.00 bits per heavy atom. The molecular formula is C12H11ClN2O. The number of benzene rings is 1. The van der Waals surface area contributed by atoms with E-state index in [1.807, 2.05) is 12.1 Å². The first-order valence-electron chi connectivity index (χ1n) is 4.86. The average Bonchev–Trinajstić information content (AvgIpc) is 2.47. The van der Waals surface area contributed by atoms with E-state index in [4.69, 9.17) is 22.1 Å². The van der Waals surface area contributed by atoms with Gasteiger partial charge in [0, 0.05) is 18.3 Å². The molecule has 16 heavy (non-hydrogen) atoms. The highest BCUT2D eigenvalue weighted by molar-refractivity contribution is 6.29. The van der Waals surface area contributed by atoms with Crippen molar-refractivity contribution in [2.75, 3.05) is 5.73 Å². The van der Waals surface area contributed by atoms with Crippen molar-refractivity contribution in [1.82, 2.24) is 0 Å². The number of allylic oxidation sites excluding steroid dienone is 2. The highest BCUT2D eigenvalue weighted by Crippen LogP contribution is 2.19. The Balaban J connectivity index is 2.08. The molecule has 0 aliphatic carbocycles. The van der Waals surface area contributed by atoms with Gasteiger partial charge in [-0.1, -0.05) is 11.6 Å². The summed E-state index contributed by atoms with van der Waals surface area (Å²) in [5.41, 5.74) is 6.30. The Morgan fingerprint density at radius 1 is 1.25 bits per heavy atom. The lowest BCUT2D eigenvalue weighted by atomic mass is 10.3. The summed E-state index contributed by atoms with van der Waals surface area (Å²) >= 11 is 5.77. The largest absolute Gasteiger partial charge is 0.461 e. The van der Waals surface area contributed by atoms with Crippen molar-refractivity contribution in [2.45, 2.75) is 6.42 Å². The van der Waals surface area contributed by atoms with E-state index in [9.17, 15) is 0 Å². The first-order valence-corrected chi connectivity index (χ1v) is 5.24. The normalized spacial score (nSPS) is 15.1. The Morgan fingerprint density at radius 3 is 2.75 bits per heavy atom. The van der Waals surface area contributed by atoms with Gasteiger partial charge in [-0.15, -0.1) is 0 Å². The Kier molecular flexibility index (Phi) is 3.27. The Bertz CT molecular complexity index is 458. The number of aliphatic imine (C=N–C) groups is 1. The van der Waals surface area contributed by atoms with Crippen LogP contribution in [0.3, 0.4) is 0 Å². The predicted octanol–water partition coefficient (Wildman–Crippen LogP) is 3.09. The highest BCUT2D eigenvalue weighted by Gasteiger charge is 2.02. The van der Waals surface area contributed by atoms with E-state index >= 15 is 0 Å². The van der Waals surface area contributed by atoms with Crippen molar-refractivity contribution >= 4 is 23.5 Å². The molecule has 1 aliphatic heterocycles. The predicted molar refractivity (Wildman–Crippen MR) is 66.6 cm³/mol. The molecule has 1 heterocycles. The number of hydrogen-bond acceptors (Lipinski definition) is 3. The summed E-state index contributed by atoms with van der Waals surface area (Å²) in [5.74, 6) is 1.55. The van der Waals surface area contributed by atoms with E-state index < -0.39 is 0 Å². The molecular weight excluding hydrogens is 224 g/mol. The quantitative estimate of drug-likeness (QED) is 0.632. The molecule has 1 aromatic carbocycles. The van der Waals surface area contributed by atoms with Gasteiger partial charge in [-0.25, -0.2) is 4.99 Å². The van der Waals surface area contributed by atoms with Crippen molar-refractivity contribution in [2.24, 2.45) is 4.99 Å². The van der Waals surface area contributed by atoms with Crippen LogP contribution in [0.15, 0.2) is 52.3 Å². The van der Waals surface area contributed by atoms with E-state index in [0.29, 0.717) is 17.3 Å². The van der Waals surface area contributed by atoms with E-state index in [2.05, 4.69) is 4.99 Å². The number of nitrogens with zero attached hydrogens (tertiary/aromatic N) is 1. The smallest absolute Gasteiger partial charge is 0.127 e. The van der Waals surface area contributed by atoms with Gasteiger partial charge in [0.05, 0.1) is 0 Å². The first kappa shape index (κ1) is 10.8. The minimum absolute atomic E-state index is 0.479. The van der Waals surface area contributed by atoms with Gasteiger partial charge in [-0.05, 0) is 36.4 Å². The summed E-state index contributed by atoms with van der Waals surface area (Å²) in [4.78, 5) is 3.95. The molecule has 0 aromatic heterocycles. The van der Waals surface area contributed by atoms with E-state index in [-0.39, 0.29) is 0 Å². The lowest BCUT2D eigenvalue weighted by Crippen LogP contribution is -1.94. The zero-order valence-corrected chi connectivity index (χ0v) is 9.32. The molecule has 0 fully saturated rings. The summed E-state index contributed by atoms with van der Waals surface area (Å²) in [6.45, 7) is 0. The second-order valence-corrected chi connectivity index (χ2v) is 3.70. The maximum atomic E-state index is 5.77. The van der Waals surface area contributed by atoms with Gasteiger partial charge in [-0.3, -0.25) is 0 Å². The van der Waals surface area contributed by atoms with E-state index in [0.717, 1.165) is 11.5 Å². The molecule has 3 nitrogen and oxygen atoms in total. The van der Waals surface area contributed by atoms with Crippen molar-refractivity contribution < 1.29 is 4.74 Å². The minimum atomic E-state index is 0.479. The molecule has 0 spiro atoms. The number of hydrogen-bond donors (Lipinski definition) is 1. The Labute approximate surface area is 98.9 Å². The lowest BCUT2D eigenvalue weighted by molar-refractivity contribution is 0.417. The van der Waals surface area contributed by atoms with Gasteiger partial charge in [0.1, 0.15) is 16.7 Å². The number of rotatable bonds is 2. The summed E-state index contributed by atoms with van der Waals surface area (Å²) in [5, 5.41) is 0.479. The third-order valence-electron chi connectivity index (χ3n) is 2.06. The lowest BCUT2D eigenvalue weighted by Gasteiger charge is -2.07. The number of nitrogen functional groups attached to an aromatic ring is 1. The number of ether oxygens (including phenoxy) is 1. The molecule has 0 radical (unpaired) electrons. The second kappa shape index (κ2) is 4.86. The molecule has 82 valence electrons. The SMILES string of the molecule is Nc1ccc(OC2=CC=NC(Cl)=CC2)cc1. The fraction of sp³-hybridized carbons (Fsp3) is 0.0833. The van der Waals surface area contributed by atoms with Crippen molar-refractivity contribution in [1.29, 1.82) is 0 Å². The summed E-state index contributed by atoms with van der Waals surface area (Å²) in [6, 6.07) is 7.24. The van der Waals surface area contributed by atoms with Crippen LogP contribution in [-0.2, 0) is 0 Å². The van der Waals surface area contributed by atoms with Gasteiger partial charge in [0.25, 0.3) is 0 Å². The zero-order chi connectivity index (χ0) is 11.4. The molecule has 1 aromatic rings. The van der Waals surface area contributed by atoms with Crippen LogP contribution in [0, 0.1) is 0 Å². The fourth-order valence-electron chi connectivity index (χ4n) is 1.26. The van der Waals surface area contributed by atoms with E-state index in [1.165, 1.54) is 0 Å². The molecule has 2 rings (SSSR count). The molecule has 4 heteroatoms. The highest BCUT2D eigenvalue weighted by atomic mass is 35.5. The summed E-state index contributed by atoms with van der Waals surface area (Å²) < 4.78 is 5.65. The molecule has 0 saturated carbocycles. The molecule has 1 aliphatic rings. The molecule has 0 amide bonds.